The molecule has 5 nitrogen and oxygen atoms in total. The molecule has 0 aromatic rings. The van der Waals surface area contributed by atoms with Crippen molar-refractivity contribution in [3.63, 3.8) is 0 Å². The molecular formula is C11H22N2O3. The summed E-state index contributed by atoms with van der Waals surface area (Å²) in [5, 5.41) is 20.7. The van der Waals surface area contributed by atoms with E-state index in [2.05, 4.69) is 10.2 Å². The zero-order chi connectivity index (χ0) is 12.0. The minimum absolute atomic E-state index is 0.113. The molecule has 1 heterocycles. The third kappa shape index (κ3) is 4.08. The van der Waals surface area contributed by atoms with Gasteiger partial charge in [0.1, 0.15) is 0 Å². The maximum Gasteiger partial charge on any atom is 0.221 e. The van der Waals surface area contributed by atoms with Crippen molar-refractivity contribution in [3.05, 3.63) is 0 Å². The molecule has 0 atom stereocenters. The van der Waals surface area contributed by atoms with Crippen LogP contribution in [0.5, 0.6) is 0 Å². The minimum Gasteiger partial charge on any atom is -0.394 e. The van der Waals surface area contributed by atoms with Crippen LogP contribution in [0.3, 0.4) is 0 Å². The fourth-order valence-corrected chi connectivity index (χ4v) is 1.79. The van der Waals surface area contributed by atoms with Crippen LogP contribution in [0.15, 0.2) is 0 Å². The lowest BCUT2D eigenvalue weighted by Crippen LogP contribution is -2.52. The number of carbonyl (C=O) groups is 1. The Labute approximate surface area is 96.4 Å². The SMILES string of the molecule is CC(CO)(CO)NC(=O)CCN1CCCC1. The summed E-state index contributed by atoms with van der Waals surface area (Å²) in [7, 11) is 0. The molecule has 94 valence electrons. The second-order valence-corrected chi connectivity index (χ2v) is 4.72. The van der Waals surface area contributed by atoms with Gasteiger partial charge >= 0.3 is 0 Å². The summed E-state index contributed by atoms with van der Waals surface area (Å²) >= 11 is 0. The van der Waals surface area contributed by atoms with Gasteiger partial charge in [-0.1, -0.05) is 0 Å². The molecule has 0 unspecified atom stereocenters. The Hall–Kier alpha value is -0.650. The van der Waals surface area contributed by atoms with E-state index in [9.17, 15) is 4.79 Å². The Balaban J connectivity index is 2.24. The summed E-state index contributed by atoms with van der Waals surface area (Å²) in [6.45, 7) is 4.03. The molecule has 1 aliphatic heterocycles. The average Bonchev–Trinajstić information content (AvgIpc) is 2.79. The van der Waals surface area contributed by atoms with Crippen LogP contribution in [0.1, 0.15) is 26.2 Å². The van der Waals surface area contributed by atoms with Crippen molar-refractivity contribution in [2.75, 3.05) is 32.8 Å². The summed E-state index contributed by atoms with van der Waals surface area (Å²) in [5.74, 6) is -0.113. The first-order valence-electron chi connectivity index (χ1n) is 5.85. The van der Waals surface area contributed by atoms with Crippen molar-refractivity contribution in [1.82, 2.24) is 10.2 Å². The summed E-state index contributed by atoms with van der Waals surface area (Å²) in [6.07, 6.45) is 2.86. The number of aliphatic hydroxyl groups is 2. The third-order valence-corrected chi connectivity index (χ3v) is 2.99. The van der Waals surface area contributed by atoms with Crippen LogP contribution in [0.25, 0.3) is 0 Å². The lowest BCUT2D eigenvalue weighted by atomic mass is 10.1. The van der Waals surface area contributed by atoms with Gasteiger partial charge in [0.05, 0.1) is 18.8 Å². The van der Waals surface area contributed by atoms with Crippen molar-refractivity contribution in [2.45, 2.75) is 31.7 Å². The van der Waals surface area contributed by atoms with Gasteiger partial charge in [0.15, 0.2) is 0 Å². The standard InChI is InChI=1S/C11H22N2O3/c1-11(8-14,9-15)12-10(16)4-7-13-5-2-3-6-13/h14-15H,2-9H2,1H3,(H,12,16). The molecule has 0 bridgehead atoms. The van der Waals surface area contributed by atoms with Crippen LogP contribution in [-0.2, 0) is 4.79 Å². The molecule has 1 aliphatic rings. The maximum absolute atomic E-state index is 11.6. The van der Waals surface area contributed by atoms with Gasteiger partial charge in [0.2, 0.25) is 5.91 Å². The topological polar surface area (TPSA) is 72.8 Å². The zero-order valence-corrected chi connectivity index (χ0v) is 9.91. The van der Waals surface area contributed by atoms with Gasteiger partial charge in [-0.25, -0.2) is 0 Å². The van der Waals surface area contributed by atoms with E-state index in [1.165, 1.54) is 12.8 Å². The van der Waals surface area contributed by atoms with Crippen molar-refractivity contribution >= 4 is 5.91 Å². The van der Waals surface area contributed by atoms with Crippen LogP contribution in [-0.4, -0.2) is 59.4 Å². The number of hydrogen-bond acceptors (Lipinski definition) is 4. The summed E-state index contributed by atoms with van der Waals surface area (Å²) in [5.41, 5.74) is -0.901. The molecule has 1 rings (SSSR count). The predicted molar refractivity (Wildman–Crippen MR) is 61.0 cm³/mol. The Morgan fingerprint density at radius 2 is 1.88 bits per heavy atom. The zero-order valence-electron chi connectivity index (χ0n) is 9.91. The molecule has 0 aromatic heterocycles. The third-order valence-electron chi connectivity index (χ3n) is 2.99. The van der Waals surface area contributed by atoms with Gasteiger partial charge in [0, 0.05) is 13.0 Å². The Morgan fingerprint density at radius 3 is 2.38 bits per heavy atom. The quantitative estimate of drug-likeness (QED) is 0.566. The van der Waals surface area contributed by atoms with Gasteiger partial charge in [-0.05, 0) is 32.9 Å². The van der Waals surface area contributed by atoms with Crippen molar-refractivity contribution in [3.8, 4) is 0 Å². The van der Waals surface area contributed by atoms with E-state index >= 15 is 0 Å². The molecule has 0 spiro atoms. The molecule has 0 saturated carbocycles. The van der Waals surface area contributed by atoms with E-state index in [1.54, 1.807) is 6.92 Å². The number of nitrogens with zero attached hydrogens (tertiary/aromatic N) is 1. The number of likely N-dealkylation sites (tertiary alicyclic amines) is 1. The summed E-state index contributed by atoms with van der Waals surface area (Å²) in [4.78, 5) is 13.8. The van der Waals surface area contributed by atoms with Crippen LogP contribution < -0.4 is 5.32 Å². The van der Waals surface area contributed by atoms with Crippen LogP contribution >= 0.6 is 0 Å². The van der Waals surface area contributed by atoms with E-state index in [-0.39, 0.29) is 19.1 Å². The second-order valence-electron chi connectivity index (χ2n) is 4.72. The first-order valence-corrected chi connectivity index (χ1v) is 5.85. The minimum atomic E-state index is -0.901. The highest BCUT2D eigenvalue weighted by atomic mass is 16.3. The molecule has 0 radical (unpaired) electrons. The van der Waals surface area contributed by atoms with Gasteiger partial charge in [0.25, 0.3) is 0 Å². The fraction of sp³-hybridized carbons (Fsp3) is 0.909. The van der Waals surface area contributed by atoms with Gasteiger partial charge in [-0.15, -0.1) is 0 Å². The van der Waals surface area contributed by atoms with Crippen molar-refractivity contribution in [1.29, 1.82) is 0 Å². The summed E-state index contributed by atoms with van der Waals surface area (Å²) < 4.78 is 0. The molecular weight excluding hydrogens is 208 g/mol. The van der Waals surface area contributed by atoms with E-state index in [1.807, 2.05) is 0 Å². The fourth-order valence-electron chi connectivity index (χ4n) is 1.79. The van der Waals surface area contributed by atoms with Crippen LogP contribution in [0.4, 0.5) is 0 Å². The first-order chi connectivity index (χ1) is 7.59. The Morgan fingerprint density at radius 1 is 1.31 bits per heavy atom. The highest BCUT2D eigenvalue weighted by Gasteiger charge is 2.24. The average molecular weight is 230 g/mol. The highest BCUT2D eigenvalue weighted by Crippen LogP contribution is 2.08. The molecule has 1 fully saturated rings. The monoisotopic (exact) mass is 230 g/mol. The molecule has 16 heavy (non-hydrogen) atoms. The summed E-state index contributed by atoms with van der Waals surface area (Å²) in [6, 6.07) is 0. The Kier molecular flexibility index (Phi) is 5.18. The van der Waals surface area contributed by atoms with E-state index in [0.29, 0.717) is 6.42 Å². The molecule has 5 heteroatoms. The second kappa shape index (κ2) is 6.18. The van der Waals surface area contributed by atoms with Gasteiger partial charge in [-0.3, -0.25) is 4.79 Å². The molecule has 0 aliphatic carbocycles. The van der Waals surface area contributed by atoms with Gasteiger partial charge in [-0.2, -0.15) is 0 Å². The van der Waals surface area contributed by atoms with Crippen LogP contribution in [0, 0.1) is 0 Å². The molecule has 1 amide bonds. The smallest absolute Gasteiger partial charge is 0.221 e. The number of aliphatic hydroxyl groups excluding tert-OH is 2. The van der Waals surface area contributed by atoms with Crippen LogP contribution in [0.2, 0.25) is 0 Å². The maximum atomic E-state index is 11.6. The highest BCUT2D eigenvalue weighted by molar-refractivity contribution is 5.77. The number of amides is 1. The number of rotatable bonds is 6. The van der Waals surface area contributed by atoms with E-state index in [4.69, 9.17) is 10.2 Å². The lowest BCUT2D eigenvalue weighted by Gasteiger charge is -2.26. The van der Waals surface area contributed by atoms with Crippen molar-refractivity contribution in [2.24, 2.45) is 0 Å². The van der Waals surface area contributed by atoms with E-state index < -0.39 is 5.54 Å². The van der Waals surface area contributed by atoms with Gasteiger partial charge < -0.3 is 20.4 Å². The first kappa shape index (κ1) is 13.4. The molecule has 1 saturated heterocycles. The number of carbonyl (C=O) groups excluding carboxylic acids is 1. The molecule has 3 N–H and O–H groups in total. The van der Waals surface area contributed by atoms with E-state index in [0.717, 1.165) is 19.6 Å². The Bertz CT molecular complexity index is 223. The van der Waals surface area contributed by atoms with Crippen molar-refractivity contribution < 1.29 is 15.0 Å². The lowest BCUT2D eigenvalue weighted by molar-refractivity contribution is -0.124. The molecule has 0 aromatic carbocycles. The predicted octanol–water partition coefficient (Wildman–Crippen LogP) is -0.668. The largest absolute Gasteiger partial charge is 0.394 e. The normalized spacial score (nSPS) is 17.7. The number of nitrogens with one attached hydrogen (secondary N) is 1. The number of hydrogen-bond donors (Lipinski definition) is 3.